The van der Waals surface area contributed by atoms with Crippen molar-refractivity contribution in [3.05, 3.63) is 18.2 Å². The molecule has 2 bridgehead atoms. The average molecular weight is 2030 g/mol. The van der Waals surface area contributed by atoms with Crippen molar-refractivity contribution in [3.8, 4) is 0 Å². The molecule has 59 heteroatoms. The third kappa shape index (κ3) is 42.5. The van der Waals surface area contributed by atoms with E-state index in [0.29, 0.717) is 27.3 Å². The van der Waals surface area contributed by atoms with Crippen LogP contribution < -0.4 is 142 Å². The predicted octanol–water partition coefficient (Wildman–Crippen LogP) is -12.3. The van der Waals surface area contributed by atoms with E-state index in [2.05, 4.69) is 106 Å². The Bertz CT molecular complexity index is 4470. The van der Waals surface area contributed by atoms with E-state index in [9.17, 15) is 96.5 Å². The van der Waals surface area contributed by atoms with Crippen molar-refractivity contribution in [2.45, 2.75) is 272 Å². The van der Waals surface area contributed by atoms with E-state index in [1.807, 2.05) is 0 Å². The van der Waals surface area contributed by atoms with Crippen LogP contribution in [0.2, 0.25) is 0 Å². The number of carboxylic acid groups (broad SMARTS) is 1. The van der Waals surface area contributed by atoms with Crippen molar-refractivity contribution < 1.29 is 116 Å². The lowest BCUT2D eigenvalue weighted by Crippen LogP contribution is -2.61. The number of carboxylic acids is 1. The Morgan fingerprint density at radius 2 is 0.942 bits per heavy atom. The standard InChI is InChI=1S/C79H131N31O24S4/c1-35(2)26-49-70(127)107-51-31-136-135-30-41(81)63(120)105-50(28-57(84)114)71(128)108-53(73(130)99-42(12-7-8-22-80)64(121)96-38(5)77(134)110-25-11-15-54(110)75(132)102-47(18-21-58(115)116)69(126)109-59(39(6)111)76(133)95-37(4)62(119)104-49)33-138-137-32-52(106-66(123)44(14-10-24-92-79(88)89)98-65(122)43(13-9-23-91-78(86)87)97-61(118)36(3)94-72(51)129)74(131)101-45(16-19-55(82)112)67(124)100-46(17-20-56(83)113)68(125)103-48(60(85)117)27-40-29-90-34-93-40/h29,34-39,41-54,59,111H,7-28,30-33,80-81H2,1-6H3,(H2,82,112)(H2,83,113)(H2,84,114)(H2,85,117)(H,90,93)(H,94,129)(H,95,133)(H,96,121)(H,97,118)(H,98,122)(H,99,130)(H,100,124)(H,101,131)(H,102,132)(H,103,125)(H,104,119)(H,105,120)(H,106,123)(H,107,127)(H,108,128)(H,109,126)(H,115,116)(H4,86,87,91)(H4,88,89,92)/t36-,37-,38-,39+,41-,42-,43-,44-,45-,46-,47?,48-,49-,50-,51-,52-,53-,54-,59-/m0/s1. The molecule has 1 aromatic rings. The Morgan fingerprint density at radius 3 is 1.46 bits per heavy atom. The molecule has 3 saturated heterocycles. The fourth-order valence-electron chi connectivity index (χ4n) is 13.7. The summed E-state index contributed by atoms with van der Waals surface area (Å²) in [6, 6.07) is -31.5. The third-order valence-corrected chi connectivity index (χ3v) is 26.1. The molecule has 3 aliphatic heterocycles. The molecule has 19 atom stereocenters. The van der Waals surface area contributed by atoms with Gasteiger partial charge in [0, 0.05) is 80.2 Å². The van der Waals surface area contributed by atoms with E-state index in [1.165, 1.54) is 19.4 Å². The maximum absolute atomic E-state index is 15.4. The number of carbonyl (C=O) groups is 22. The number of hydrogen-bond acceptors (Lipinski definition) is 32. The zero-order chi connectivity index (χ0) is 103. The van der Waals surface area contributed by atoms with Crippen molar-refractivity contribution in [2.24, 2.45) is 51.8 Å². The number of nitrogens with one attached hydrogen (secondary N) is 21. The minimum Gasteiger partial charge on any atom is -0.481 e. The van der Waals surface area contributed by atoms with Gasteiger partial charge in [-0.05, 0) is 124 Å². The summed E-state index contributed by atoms with van der Waals surface area (Å²) in [7, 11) is 2.86. The summed E-state index contributed by atoms with van der Waals surface area (Å²) in [5.41, 5.74) is 46.2. The largest absolute Gasteiger partial charge is 0.481 e. The Hall–Kier alpha value is -12.6. The number of primary amides is 4. The van der Waals surface area contributed by atoms with Crippen molar-refractivity contribution in [3.63, 3.8) is 0 Å². The van der Waals surface area contributed by atoms with Gasteiger partial charge < -0.3 is 162 Å². The van der Waals surface area contributed by atoms with Gasteiger partial charge in [0.15, 0.2) is 11.9 Å². The number of aliphatic carboxylic acids is 1. The Labute approximate surface area is 809 Å². The van der Waals surface area contributed by atoms with Crippen molar-refractivity contribution in [2.75, 3.05) is 49.2 Å². The van der Waals surface area contributed by atoms with Gasteiger partial charge >= 0.3 is 5.97 Å². The molecule has 0 radical (unpaired) electrons. The highest BCUT2D eigenvalue weighted by Crippen LogP contribution is 2.27. The number of nitrogens with two attached hydrogens (primary N) is 8. The smallest absolute Gasteiger partial charge is 0.303 e. The first-order valence-corrected chi connectivity index (χ1v) is 49.3. The van der Waals surface area contributed by atoms with Crippen molar-refractivity contribution >= 4 is 185 Å². The normalized spacial score (nSPS) is 25.1. The van der Waals surface area contributed by atoms with Gasteiger partial charge in [-0.25, -0.2) is 4.98 Å². The molecule has 138 heavy (non-hydrogen) atoms. The summed E-state index contributed by atoms with van der Waals surface area (Å²) in [4.78, 5) is 320. The van der Waals surface area contributed by atoms with Gasteiger partial charge in [0.25, 0.3) is 0 Å². The molecule has 3 aliphatic rings. The zero-order valence-corrected chi connectivity index (χ0v) is 80.4. The number of carbonyl (C=O) groups excluding carboxylic acids is 21. The van der Waals surface area contributed by atoms with E-state index in [4.69, 9.17) is 56.7 Å². The monoisotopic (exact) mass is 2030 g/mol. The second-order valence-corrected chi connectivity index (χ2v) is 38.4. The summed E-state index contributed by atoms with van der Waals surface area (Å²) >= 11 is 0. The molecule has 21 amide bonds. The number of rotatable bonds is 35. The van der Waals surface area contributed by atoms with Gasteiger partial charge in [0.1, 0.15) is 103 Å². The maximum atomic E-state index is 15.4. The van der Waals surface area contributed by atoms with Crippen molar-refractivity contribution in [1.82, 2.24) is 111 Å². The summed E-state index contributed by atoms with van der Waals surface area (Å²) < 4.78 is 0. The van der Waals surface area contributed by atoms with Crippen LogP contribution in [-0.4, -0.2) is 331 Å². The van der Waals surface area contributed by atoms with Crippen LogP contribution in [0.4, 0.5) is 0 Å². The summed E-state index contributed by atoms with van der Waals surface area (Å²) in [6.45, 7) is 7.48. The zero-order valence-electron chi connectivity index (χ0n) is 77.1. The number of nitrogens with zero attached hydrogens (tertiary/aromatic N) is 2. The fraction of sp³-hybridized carbons (Fsp3) is 0.658. The van der Waals surface area contributed by atoms with Gasteiger partial charge in [-0.1, -0.05) is 57.0 Å². The van der Waals surface area contributed by atoms with E-state index >= 15 is 19.2 Å². The van der Waals surface area contributed by atoms with E-state index in [-0.39, 0.29) is 90.4 Å². The molecule has 55 nitrogen and oxygen atoms in total. The SMILES string of the molecule is CC(C)C[C@@H]1NC(=O)[C@H](C)NC(=O)[C@H]([C@@H](C)O)NC(=O)C(CCC(=O)O)NC(=O)[C@@H]2CCCN2C(=O)[C@H](C)NC(=O)[C@H](CCCCN)NC(=O)[C@@H]2CSSC[C@@H](C(=O)N[C@@H](CCC(N)=O)C(=O)N[C@@H](CCC(N)=O)C(=O)N[C@@H](Cc3cnc[nH]3)C(N)=O)NC(=O)[C@H](CCCNC(=N)N)NC(=O)[C@H](CCCNC(=N)N)NC(=O)[C@H](C)NC(=O)[C@H](CSSC[C@H](N)C(=O)N[C@@H](CC(N)=O)C(=O)N2)NC1=O. The quantitative estimate of drug-likeness (QED) is 0.0130. The van der Waals surface area contributed by atoms with Crippen LogP contribution in [0.15, 0.2) is 12.5 Å². The average Bonchev–Trinajstić information content (AvgIpc) is 1.66. The van der Waals surface area contributed by atoms with Gasteiger partial charge in [0.2, 0.25) is 124 Å². The summed E-state index contributed by atoms with van der Waals surface area (Å²) in [5, 5.41) is 80.7. The van der Waals surface area contributed by atoms with Gasteiger partial charge in [-0.15, -0.1) is 0 Å². The van der Waals surface area contributed by atoms with Gasteiger partial charge in [-0.3, -0.25) is 116 Å². The maximum Gasteiger partial charge on any atom is 0.303 e. The first-order valence-electron chi connectivity index (χ1n) is 44.3. The minimum absolute atomic E-state index is 0.0327. The van der Waals surface area contributed by atoms with E-state index in [0.717, 1.165) is 47.3 Å². The number of imidazole rings is 1. The first kappa shape index (κ1) is 118. The minimum atomic E-state index is -2.01. The number of fused-ring (bicyclic) bond motifs is 12. The Kier molecular flexibility index (Phi) is 51.3. The predicted molar refractivity (Wildman–Crippen MR) is 502 cm³/mol. The van der Waals surface area contributed by atoms with Crippen molar-refractivity contribution in [1.29, 1.82) is 10.8 Å². The number of unbranched alkanes of at least 4 members (excludes halogenated alkanes) is 1. The van der Waals surface area contributed by atoms with E-state index in [1.54, 1.807) is 13.8 Å². The molecule has 4 rings (SSSR count). The number of amides is 21. The molecule has 1 unspecified atom stereocenters. The number of aliphatic hydroxyl groups excluding tert-OH is 1. The van der Waals surface area contributed by atoms with Gasteiger partial charge in [-0.2, -0.15) is 0 Å². The number of guanidine groups is 2. The molecule has 0 aromatic carbocycles. The Morgan fingerprint density at radius 1 is 0.493 bits per heavy atom. The molecular formula is C79H131N31O24S4. The molecule has 0 saturated carbocycles. The first-order chi connectivity index (χ1) is 65.0. The molecule has 39 N–H and O–H groups in total. The highest BCUT2D eigenvalue weighted by molar-refractivity contribution is 8.77. The Balaban J connectivity index is 2.11. The fourth-order valence-corrected chi connectivity index (χ4v) is 18.3. The second kappa shape index (κ2) is 60.2. The van der Waals surface area contributed by atoms with Crippen LogP contribution in [0.25, 0.3) is 0 Å². The highest BCUT2D eigenvalue weighted by atomic mass is 33.1. The number of H-pyrrole nitrogens is 1. The van der Waals surface area contributed by atoms with Crippen LogP contribution in [0.5, 0.6) is 0 Å². The molecule has 3 fully saturated rings. The molecule has 0 spiro atoms. The molecule has 1 aromatic heterocycles. The van der Waals surface area contributed by atoms with E-state index < -0.39 is 337 Å². The number of aromatic nitrogens is 2. The number of aliphatic hydroxyl groups is 1. The lowest BCUT2D eigenvalue weighted by molar-refractivity contribution is -0.142. The second-order valence-electron chi connectivity index (χ2n) is 33.3. The molecule has 0 aliphatic carbocycles. The molecule has 770 valence electrons. The topological polar surface area (TPSA) is 920 Å². The van der Waals surface area contributed by atoms with Crippen LogP contribution in [-0.2, 0) is 112 Å². The number of hydrogen-bond donors (Lipinski definition) is 31. The lowest BCUT2D eigenvalue weighted by Gasteiger charge is -2.30. The molecule has 4 heterocycles. The highest BCUT2D eigenvalue weighted by Gasteiger charge is 2.43. The van der Waals surface area contributed by atoms with Crippen LogP contribution >= 0.6 is 43.2 Å². The lowest BCUT2D eigenvalue weighted by atomic mass is 10.0. The summed E-state index contributed by atoms with van der Waals surface area (Å²) in [5.74, 6) is -29.2. The molecular weight excluding hydrogens is 1900 g/mol. The summed E-state index contributed by atoms with van der Waals surface area (Å²) in [6.07, 6.45) is -5.57. The van der Waals surface area contributed by atoms with Crippen LogP contribution in [0, 0.1) is 16.7 Å². The van der Waals surface area contributed by atoms with Crippen LogP contribution in [0.1, 0.15) is 156 Å². The van der Waals surface area contributed by atoms with Gasteiger partial charge in [0.05, 0.1) is 24.9 Å². The number of aromatic amines is 1. The van der Waals surface area contributed by atoms with Crippen LogP contribution in [0.3, 0.4) is 0 Å². The third-order valence-electron chi connectivity index (χ3n) is 21.2.